The molecule has 1 aliphatic rings. The number of benzene rings is 1. The highest BCUT2D eigenvalue weighted by Gasteiger charge is 2.36. The van der Waals surface area contributed by atoms with Crippen molar-refractivity contribution in [3.63, 3.8) is 0 Å². The zero-order valence-corrected chi connectivity index (χ0v) is 11.7. The zero-order chi connectivity index (χ0) is 12.6. The van der Waals surface area contributed by atoms with E-state index in [9.17, 15) is 0 Å². The van der Waals surface area contributed by atoms with Crippen molar-refractivity contribution in [3.8, 4) is 0 Å². The van der Waals surface area contributed by atoms with Gasteiger partial charge in [-0.25, -0.2) is 4.98 Å². The Balaban J connectivity index is 2.00. The molecule has 0 fully saturated rings. The van der Waals surface area contributed by atoms with Crippen molar-refractivity contribution in [1.29, 1.82) is 0 Å². The molecule has 0 saturated carbocycles. The predicted molar refractivity (Wildman–Crippen MR) is 76.1 cm³/mol. The Labute approximate surface area is 112 Å². The highest BCUT2D eigenvalue weighted by atomic mass is 32.1. The van der Waals surface area contributed by atoms with Gasteiger partial charge in [-0.2, -0.15) is 0 Å². The van der Waals surface area contributed by atoms with Gasteiger partial charge in [0.1, 0.15) is 5.01 Å². The Kier molecular flexibility index (Phi) is 2.96. The number of likely N-dealkylation sites (N-methyl/N-ethyl adjacent to an activating group) is 1. The second-order valence-electron chi connectivity index (χ2n) is 5.07. The maximum absolute atomic E-state index is 4.71. The molecule has 1 atom stereocenters. The summed E-state index contributed by atoms with van der Waals surface area (Å²) in [7, 11) is 2.06. The molecule has 0 amide bonds. The summed E-state index contributed by atoms with van der Waals surface area (Å²) in [5.74, 6) is 0. The van der Waals surface area contributed by atoms with Crippen LogP contribution in [0.15, 0.2) is 29.6 Å². The van der Waals surface area contributed by atoms with Crippen molar-refractivity contribution in [2.75, 3.05) is 7.05 Å². The second-order valence-corrected chi connectivity index (χ2v) is 5.93. The Hall–Kier alpha value is -1.19. The fourth-order valence-electron chi connectivity index (χ4n) is 2.81. The van der Waals surface area contributed by atoms with Crippen LogP contribution in [0, 0.1) is 6.92 Å². The van der Waals surface area contributed by atoms with Gasteiger partial charge in [-0.15, -0.1) is 11.3 Å². The lowest BCUT2D eigenvalue weighted by Crippen LogP contribution is -2.44. The summed E-state index contributed by atoms with van der Waals surface area (Å²) in [5.41, 5.74) is 4.12. The van der Waals surface area contributed by atoms with Crippen LogP contribution < -0.4 is 5.32 Å². The molecule has 2 nitrogen and oxygen atoms in total. The number of aryl methyl sites for hydroxylation is 2. The number of aromatic nitrogens is 1. The first-order valence-electron chi connectivity index (χ1n) is 6.42. The van der Waals surface area contributed by atoms with Crippen LogP contribution in [-0.4, -0.2) is 12.0 Å². The van der Waals surface area contributed by atoms with Crippen molar-refractivity contribution >= 4 is 11.3 Å². The van der Waals surface area contributed by atoms with Crippen LogP contribution in [0.3, 0.4) is 0 Å². The maximum atomic E-state index is 4.71. The molecule has 18 heavy (non-hydrogen) atoms. The lowest BCUT2D eigenvalue weighted by molar-refractivity contribution is 0.313. The minimum atomic E-state index is 0.0350. The number of nitrogens with one attached hydrogen (secondary N) is 1. The molecule has 0 aliphatic heterocycles. The van der Waals surface area contributed by atoms with Crippen LogP contribution in [0.5, 0.6) is 0 Å². The van der Waals surface area contributed by atoms with E-state index >= 15 is 0 Å². The largest absolute Gasteiger partial charge is 0.308 e. The molecule has 0 saturated heterocycles. The summed E-state index contributed by atoms with van der Waals surface area (Å²) in [4.78, 5) is 4.71. The van der Waals surface area contributed by atoms with E-state index in [1.165, 1.54) is 16.1 Å². The topological polar surface area (TPSA) is 24.9 Å². The minimum Gasteiger partial charge on any atom is -0.308 e. The van der Waals surface area contributed by atoms with Gasteiger partial charge in [0.15, 0.2) is 0 Å². The molecule has 1 aromatic heterocycles. The first-order valence-corrected chi connectivity index (χ1v) is 7.30. The van der Waals surface area contributed by atoms with E-state index in [0.717, 1.165) is 25.0 Å². The molecule has 1 N–H and O–H groups in total. The molecule has 1 aliphatic carbocycles. The number of hydrogen-bond donors (Lipinski definition) is 1. The van der Waals surface area contributed by atoms with E-state index in [1.54, 1.807) is 11.3 Å². The SMILES string of the molecule is CNC1(c2nc(C)cs2)CCc2ccccc2C1. The van der Waals surface area contributed by atoms with Crippen LogP contribution in [0.1, 0.15) is 28.2 Å². The van der Waals surface area contributed by atoms with Gasteiger partial charge in [-0.05, 0) is 44.4 Å². The van der Waals surface area contributed by atoms with Crippen LogP contribution in [0.25, 0.3) is 0 Å². The van der Waals surface area contributed by atoms with Crippen molar-refractivity contribution in [3.05, 3.63) is 51.5 Å². The Bertz CT molecular complexity index is 561. The lowest BCUT2D eigenvalue weighted by Gasteiger charge is -2.36. The van der Waals surface area contributed by atoms with Gasteiger partial charge >= 0.3 is 0 Å². The number of thiazole rings is 1. The van der Waals surface area contributed by atoms with E-state index in [4.69, 9.17) is 4.98 Å². The standard InChI is InChI=1S/C15H18N2S/c1-11-10-18-14(17-11)15(16-2)8-7-12-5-3-4-6-13(12)9-15/h3-6,10,16H,7-9H2,1-2H3. The van der Waals surface area contributed by atoms with E-state index < -0.39 is 0 Å². The number of nitrogens with zero attached hydrogens (tertiary/aromatic N) is 1. The van der Waals surface area contributed by atoms with Crippen LogP contribution in [0.4, 0.5) is 0 Å². The van der Waals surface area contributed by atoms with Crippen molar-refractivity contribution in [1.82, 2.24) is 10.3 Å². The fraction of sp³-hybridized carbons (Fsp3) is 0.400. The van der Waals surface area contributed by atoms with Crippen LogP contribution in [0.2, 0.25) is 0 Å². The number of rotatable bonds is 2. The van der Waals surface area contributed by atoms with Gasteiger partial charge in [0.2, 0.25) is 0 Å². The van der Waals surface area contributed by atoms with Gasteiger partial charge in [0.25, 0.3) is 0 Å². The van der Waals surface area contributed by atoms with Gasteiger partial charge in [0, 0.05) is 11.1 Å². The average Bonchev–Trinajstić information content (AvgIpc) is 2.85. The summed E-state index contributed by atoms with van der Waals surface area (Å²) in [6, 6.07) is 8.78. The predicted octanol–water partition coefficient (Wildman–Crippen LogP) is 3.06. The third-order valence-corrected chi connectivity index (χ3v) is 5.10. The first-order chi connectivity index (χ1) is 8.73. The third-order valence-electron chi connectivity index (χ3n) is 3.94. The smallest absolute Gasteiger partial charge is 0.113 e. The van der Waals surface area contributed by atoms with Gasteiger partial charge in [0.05, 0.1) is 5.54 Å². The molecule has 3 heteroatoms. The lowest BCUT2D eigenvalue weighted by atomic mass is 9.78. The van der Waals surface area contributed by atoms with Gasteiger partial charge in [-0.3, -0.25) is 0 Å². The molecule has 0 radical (unpaired) electrons. The molecular formula is C15H18N2S. The monoisotopic (exact) mass is 258 g/mol. The molecule has 3 rings (SSSR count). The van der Waals surface area contributed by atoms with Crippen LogP contribution in [-0.2, 0) is 18.4 Å². The summed E-state index contributed by atoms with van der Waals surface area (Å²) < 4.78 is 0. The maximum Gasteiger partial charge on any atom is 0.113 e. The van der Waals surface area contributed by atoms with Gasteiger partial charge < -0.3 is 5.32 Å². The summed E-state index contributed by atoms with van der Waals surface area (Å²) in [5, 5.41) is 6.92. The third kappa shape index (κ3) is 1.88. The van der Waals surface area contributed by atoms with Crippen molar-refractivity contribution in [2.24, 2.45) is 0 Å². The first kappa shape index (κ1) is 11.9. The Morgan fingerprint density at radius 3 is 2.72 bits per heavy atom. The average molecular weight is 258 g/mol. The fourth-order valence-corrected chi connectivity index (χ4v) is 3.85. The van der Waals surface area contributed by atoms with Crippen molar-refractivity contribution < 1.29 is 0 Å². The highest BCUT2D eigenvalue weighted by Crippen LogP contribution is 2.37. The molecule has 1 aromatic carbocycles. The van der Waals surface area contributed by atoms with E-state index in [0.29, 0.717) is 0 Å². The Morgan fingerprint density at radius 2 is 2.06 bits per heavy atom. The molecule has 1 heterocycles. The highest BCUT2D eigenvalue weighted by molar-refractivity contribution is 7.09. The van der Waals surface area contributed by atoms with Gasteiger partial charge in [-0.1, -0.05) is 24.3 Å². The molecule has 94 valence electrons. The number of hydrogen-bond acceptors (Lipinski definition) is 3. The number of fused-ring (bicyclic) bond motifs is 1. The molecule has 0 spiro atoms. The Morgan fingerprint density at radius 1 is 1.28 bits per heavy atom. The van der Waals surface area contributed by atoms with E-state index in [2.05, 4.69) is 48.9 Å². The van der Waals surface area contributed by atoms with E-state index in [-0.39, 0.29) is 5.54 Å². The van der Waals surface area contributed by atoms with Crippen LogP contribution >= 0.6 is 11.3 Å². The minimum absolute atomic E-state index is 0.0350. The molecular weight excluding hydrogens is 240 g/mol. The van der Waals surface area contributed by atoms with E-state index in [1.807, 2.05) is 0 Å². The van der Waals surface area contributed by atoms with Crippen molar-refractivity contribution in [2.45, 2.75) is 31.7 Å². The second kappa shape index (κ2) is 4.48. The molecule has 1 unspecified atom stereocenters. The summed E-state index contributed by atoms with van der Waals surface area (Å²) >= 11 is 1.78. The molecule has 0 bridgehead atoms. The summed E-state index contributed by atoms with van der Waals surface area (Å²) in [6.07, 6.45) is 3.32. The normalized spacial score (nSPS) is 22.8. The molecule has 2 aromatic rings. The summed E-state index contributed by atoms with van der Waals surface area (Å²) in [6.45, 7) is 2.07. The zero-order valence-electron chi connectivity index (χ0n) is 10.9. The quantitative estimate of drug-likeness (QED) is 0.895.